The summed E-state index contributed by atoms with van der Waals surface area (Å²) in [5.74, 6) is 0.0840. The third-order valence-electron chi connectivity index (χ3n) is 6.18. The van der Waals surface area contributed by atoms with E-state index >= 15 is 0 Å². The number of piperidine rings is 1. The highest BCUT2D eigenvalue weighted by Gasteiger charge is 2.30. The van der Waals surface area contributed by atoms with Crippen molar-refractivity contribution < 1.29 is 15.0 Å². The fourth-order valence-corrected chi connectivity index (χ4v) is 4.43. The minimum Gasteiger partial charge on any atom is -0.393 e. The number of likely N-dealkylation sites (tertiary alicyclic amines) is 1. The molecule has 0 aliphatic carbocycles. The lowest BCUT2D eigenvalue weighted by molar-refractivity contribution is 0.0548. The van der Waals surface area contributed by atoms with Crippen molar-refractivity contribution in [2.45, 2.75) is 37.5 Å². The van der Waals surface area contributed by atoms with Crippen molar-refractivity contribution in [1.29, 1.82) is 0 Å². The average Bonchev–Trinajstić information content (AvgIpc) is 2.84. The minimum absolute atomic E-state index is 0.0840. The Balaban J connectivity index is 1.69. The Morgan fingerprint density at radius 1 is 0.839 bits per heavy atom. The number of carbonyl (C=O) groups excluding carboxylic acids is 1. The zero-order chi connectivity index (χ0) is 21.6. The van der Waals surface area contributed by atoms with E-state index in [9.17, 15) is 15.0 Å². The molecule has 0 radical (unpaired) electrons. The van der Waals surface area contributed by atoms with Gasteiger partial charge in [0.05, 0.1) is 6.10 Å². The standard InChI is InChI=1S/C27H29NO3/c29-22-15-17-28(18-16-22)25(19-26(30)20-9-3-1-4-10-20)23-13-7-8-14-24(23)27(31)21-11-5-2-6-12-21/h1-14,22,25,27,29,31H,15-19H2. The van der Waals surface area contributed by atoms with E-state index in [0.717, 1.165) is 29.8 Å². The fourth-order valence-electron chi connectivity index (χ4n) is 4.43. The molecule has 31 heavy (non-hydrogen) atoms. The molecular weight excluding hydrogens is 386 g/mol. The van der Waals surface area contributed by atoms with Gasteiger partial charge in [0.1, 0.15) is 6.10 Å². The molecule has 1 aliphatic rings. The van der Waals surface area contributed by atoms with E-state index in [2.05, 4.69) is 4.90 Å². The topological polar surface area (TPSA) is 60.8 Å². The summed E-state index contributed by atoms with van der Waals surface area (Å²) in [6, 6.07) is 26.7. The van der Waals surface area contributed by atoms with E-state index in [0.29, 0.717) is 24.8 Å². The first-order valence-electron chi connectivity index (χ1n) is 11.0. The molecule has 4 rings (SSSR count). The summed E-state index contributed by atoms with van der Waals surface area (Å²) in [5, 5.41) is 21.2. The lowest BCUT2D eigenvalue weighted by Gasteiger charge is -2.37. The summed E-state index contributed by atoms with van der Waals surface area (Å²) in [7, 11) is 0. The van der Waals surface area contributed by atoms with Crippen LogP contribution in [0.2, 0.25) is 0 Å². The largest absolute Gasteiger partial charge is 0.393 e. The van der Waals surface area contributed by atoms with Crippen LogP contribution in [0.25, 0.3) is 0 Å². The molecule has 4 heteroatoms. The molecule has 2 N–H and O–H groups in total. The number of hydrogen-bond acceptors (Lipinski definition) is 4. The molecule has 0 spiro atoms. The molecule has 0 saturated carbocycles. The lowest BCUT2D eigenvalue weighted by Crippen LogP contribution is -2.39. The van der Waals surface area contributed by atoms with Gasteiger partial charge in [-0.3, -0.25) is 9.69 Å². The second-order valence-electron chi connectivity index (χ2n) is 8.22. The number of hydrogen-bond donors (Lipinski definition) is 2. The molecule has 1 heterocycles. The number of aliphatic hydroxyl groups excluding tert-OH is 2. The van der Waals surface area contributed by atoms with Crippen molar-refractivity contribution in [3.63, 3.8) is 0 Å². The van der Waals surface area contributed by atoms with Crippen LogP contribution < -0.4 is 0 Å². The molecule has 0 bridgehead atoms. The number of Topliss-reactive ketones (excluding diaryl/α,β-unsaturated/α-hetero) is 1. The zero-order valence-corrected chi connectivity index (χ0v) is 17.6. The SMILES string of the molecule is O=C(CC(c1ccccc1C(O)c1ccccc1)N1CCC(O)CC1)c1ccccc1. The lowest BCUT2D eigenvalue weighted by atomic mass is 9.88. The molecule has 3 aromatic carbocycles. The Morgan fingerprint density at radius 2 is 1.39 bits per heavy atom. The summed E-state index contributed by atoms with van der Waals surface area (Å²) >= 11 is 0. The van der Waals surface area contributed by atoms with Gasteiger partial charge in [-0.1, -0.05) is 84.9 Å². The first kappa shape index (κ1) is 21.4. The Hall–Kier alpha value is -2.79. The van der Waals surface area contributed by atoms with E-state index in [1.54, 1.807) is 0 Å². The van der Waals surface area contributed by atoms with Gasteiger partial charge in [0.2, 0.25) is 0 Å². The number of ketones is 1. The first-order chi connectivity index (χ1) is 15.1. The molecule has 0 amide bonds. The first-order valence-corrected chi connectivity index (χ1v) is 11.0. The van der Waals surface area contributed by atoms with Gasteiger partial charge in [0.25, 0.3) is 0 Å². The van der Waals surface area contributed by atoms with Gasteiger partial charge >= 0.3 is 0 Å². The van der Waals surface area contributed by atoms with Crippen LogP contribution in [0, 0.1) is 0 Å². The highest BCUT2D eigenvalue weighted by molar-refractivity contribution is 5.96. The van der Waals surface area contributed by atoms with Crippen LogP contribution in [0.4, 0.5) is 0 Å². The van der Waals surface area contributed by atoms with Gasteiger partial charge in [-0.05, 0) is 29.5 Å². The molecule has 2 unspecified atom stereocenters. The van der Waals surface area contributed by atoms with E-state index in [4.69, 9.17) is 0 Å². The summed E-state index contributed by atoms with van der Waals surface area (Å²) < 4.78 is 0. The maximum Gasteiger partial charge on any atom is 0.164 e. The predicted octanol–water partition coefficient (Wildman–Crippen LogP) is 4.54. The van der Waals surface area contributed by atoms with E-state index in [-0.39, 0.29) is 17.9 Å². The van der Waals surface area contributed by atoms with Gasteiger partial charge in [-0.15, -0.1) is 0 Å². The molecule has 0 aromatic heterocycles. The molecule has 3 aromatic rings. The molecule has 2 atom stereocenters. The highest BCUT2D eigenvalue weighted by atomic mass is 16.3. The molecule has 4 nitrogen and oxygen atoms in total. The van der Waals surface area contributed by atoms with Gasteiger partial charge in [-0.2, -0.15) is 0 Å². The summed E-state index contributed by atoms with van der Waals surface area (Å²) in [6.07, 6.45) is 0.673. The van der Waals surface area contributed by atoms with Crippen LogP contribution in [-0.4, -0.2) is 40.1 Å². The molecular formula is C27H29NO3. The van der Waals surface area contributed by atoms with Crippen molar-refractivity contribution in [2.24, 2.45) is 0 Å². The maximum atomic E-state index is 13.1. The average molecular weight is 416 g/mol. The second-order valence-corrected chi connectivity index (χ2v) is 8.22. The van der Waals surface area contributed by atoms with Gasteiger partial charge in [-0.25, -0.2) is 0 Å². The summed E-state index contributed by atoms with van der Waals surface area (Å²) in [4.78, 5) is 15.4. The van der Waals surface area contributed by atoms with E-state index in [1.807, 2.05) is 84.9 Å². The van der Waals surface area contributed by atoms with Crippen LogP contribution in [0.1, 0.15) is 58.5 Å². The number of aliphatic hydroxyl groups is 2. The highest BCUT2D eigenvalue weighted by Crippen LogP contribution is 2.35. The van der Waals surface area contributed by atoms with Gasteiger partial charge in [0, 0.05) is 31.1 Å². The number of benzene rings is 3. The van der Waals surface area contributed by atoms with Crippen LogP contribution in [-0.2, 0) is 0 Å². The van der Waals surface area contributed by atoms with Crippen molar-refractivity contribution >= 4 is 5.78 Å². The van der Waals surface area contributed by atoms with Crippen LogP contribution in [0.15, 0.2) is 84.9 Å². The summed E-state index contributed by atoms with van der Waals surface area (Å²) in [5.41, 5.74) is 3.33. The molecule has 1 fully saturated rings. The van der Waals surface area contributed by atoms with Gasteiger partial charge in [0.15, 0.2) is 5.78 Å². The molecule has 1 aliphatic heterocycles. The zero-order valence-electron chi connectivity index (χ0n) is 17.6. The number of nitrogens with zero attached hydrogens (tertiary/aromatic N) is 1. The molecule has 1 saturated heterocycles. The Morgan fingerprint density at radius 3 is 2.03 bits per heavy atom. The number of rotatable bonds is 7. The van der Waals surface area contributed by atoms with Crippen molar-refractivity contribution in [3.05, 3.63) is 107 Å². The van der Waals surface area contributed by atoms with E-state index < -0.39 is 6.10 Å². The van der Waals surface area contributed by atoms with E-state index in [1.165, 1.54) is 0 Å². The predicted molar refractivity (Wildman–Crippen MR) is 122 cm³/mol. The third-order valence-corrected chi connectivity index (χ3v) is 6.18. The molecule has 160 valence electrons. The Bertz CT molecular complexity index is 982. The van der Waals surface area contributed by atoms with Crippen molar-refractivity contribution in [2.75, 3.05) is 13.1 Å². The maximum absolute atomic E-state index is 13.1. The van der Waals surface area contributed by atoms with Crippen molar-refractivity contribution in [1.82, 2.24) is 4.90 Å². The fraction of sp³-hybridized carbons (Fsp3) is 0.296. The second kappa shape index (κ2) is 10.0. The Labute approximate surface area is 183 Å². The van der Waals surface area contributed by atoms with Crippen LogP contribution >= 0.6 is 0 Å². The third kappa shape index (κ3) is 5.10. The normalized spacial score (nSPS) is 17.2. The monoisotopic (exact) mass is 415 g/mol. The van der Waals surface area contributed by atoms with Crippen LogP contribution in [0.5, 0.6) is 0 Å². The van der Waals surface area contributed by atoms with Crippen molar-refractivity contribution in [3.8, 4) is 0 Å². The summed E-state index contributed by atoms with van der Waals surface area (Å²) in [6.45, 7) is 1.45. The van der Waals surface area contributed by atoms with Crippen LogP contribution in [0.3, 0.4) is 0 Å². The quantitative estimate of drug-likeness (QED) is 0.556. The Kier molecular flexibility index (Phi) is 6.92. The minimum atomic E-state index is -0.762. The smallest absolute Gasteiger partial charge is 0.164 e. The van der Waals surface area contributed by atoms with Gasteiger partial charge < -0.3 is 10.2 Å². The number of carbonyl (C=O) groups is 1.